The lowest BCUT2D eigenvalue weighted by molar-refractivity contribution is 0.353. The first kappa shape index (κ1) is 12.7. The van der Waals surface area contributed by atoms with Crippen molar-refractivity contribution in [2.24, 2.45) is 5.41 Å². The van der Waals surface area contributed by atoms with Gasteiger partial charge in [0.2, 0.25) is 0 Å². The van der Waals surface area contributed by atoms with Crippen LogP contribution < -0.4 is 9.47 Å². The first-order valence-electron chi connectivity index (χ1n) is 5.94. The molecule has 0 spiro atoms. The lowest BCUT2D eigenvalue weighted by atomic mass is 9.92. The zero-order valence-electron chi connectivity index (χ0n) is 11.5. The molecule has 0 atom stereocenters. The molecule has 1 heterocycles. The first-order chi connectivity index (χ1) is 8.43. The van der Waals surface area contributed by atoms with Gasteiger partial charge in [-0.05, 0) is 5.41 Å². The van der Waals surface area contributed by atoms with Gasteiger partial charge in [-0.25, -0.2) is 4.98 Å². The minimum atomic E-state index is 0.148. The molecule has 0 unspecified atom stereocenters. The third-order valence-electron chi connectivity index (χ3n) is 2.62. The maximum absolute atomic E-state index is 5.74. The second kappa shape index (κ2) is 4.52. The van der Waals surface area contributed by atoms with Crippen molar-refractivity contribution in [1.82, 2.24) is 4.98 Å². The standard InChI is InChI=1S/C14H19NO3/c1-14(2,3)8-13-15-9-6-11(16-4)12(17-5)7-10(9)18-13/h6-7H,8H2,1-5H3. The Morgan fingerprint density at radius 1 is 1.11 bits per heavy atom. The quantitative estimate of drug-likeness (QED) is 0.836. The van der Waals surface area contributed by atoms with Gasteiger partial charge in [0.25, 0.3) is 0 Å². The van der Waals surface area contributed by atoms with Crippen molar-refractivity contribution in [2.45, 2.75) is 27.2 Å². The molecule has 0 aliphatic heterocycles. The molecular formula is C14H19NO3. The zero-order valence-corrected chi connectivity index (χ0v) is 11.5. The van der Waals surface area contributed by atoms with E-state index in [0.717, 1.165) is 23.4 Å². The Balaban J connectivity index is 2.45. The third kappa shape index (κ3) is 2.58. The van der Waals surface area contributed by atoms with Gasteiger partial charge >= 0.3 is 0 Å². The molecule has 1 aromatic heterocycles. The minimum absolute atomic E-state index is 0.148. The molecule has 0 aliphatic rings. The van der Waals surface area contributed by atoms with Crippen LogP contribution in [-0.2, 0) is 6.42 Å². The van der Waals surface area contributed by atoms with Crippen LogP contribution >= 0.6 is 0 Å². The second-order valence-electron chi connectivity index (χ2n) is 5.52. The smallest absolute Gasteiger partial charge is 0.196 e. The number of benzene rings is 1. The Labute approximate surface area is 107 Å². The molecule has 0 aliphatic carbocycles. The van der Waals surface area contributed by atoms with Crippen molar-refractivity contribution in [3.05, 3.63) is 18.0 Å². The van der Waals surface area contributed by atoms with Crippen LogP contribution in [0.15, 0.2) is 16.5 Å². The molecule has 98 valence electrons. The van der Waals surface area contributed by atoms with Crippen molar-refractivity contribution in [1.29, 1.82) is 0 Å². The molecule has 0 fully saturated rings. The number of ether oxygens (including phenoxy) is 2. The van der Waals surface area contributed by atoms with E-state index in [1.807, 2.05) is 12.1 Å². The first-order valence-corrected chi connectivity index (χ1v) is 5.94. The number of rotatable bonds is 3. The van der Waals surface area contributed by atoms with Crippen LogP contribution in [0.4, 0.5) is 0 Å². The molecule has 0 N–H and O–H groups in total. The van der Waals surface area contributed by atoms with E-state index in [1.165, 1.54) is 0 Å². The van der Waals surface area contributed by atoms with E-state index in [9.17, 15) is 0 Å². The summed E-state index contributed by atoms with van der Waals surface area (Å²) in [5, 5.41) is 0. The molecule has 2 aromatic rings. The summed E-state index contributed by atoms with van der Waals surface area (Å²) in [6, 6.07) is 3.65. The lowest BCUT2D eigenvalue weighted by Gasteiger charge is -2.14. The van der Waals surface area contributed by atoms with Gasteiger partial charge in [-0.1, -0.05) is 20.8 Å². The van der Waals surface area contributed by atoms with E-state index in [2.05, 4.69) is 25.8 Å². The van der Waals surface area contributed by atoms with Gasteiger partial charge < -0.3 is 13.9 Å². The molecule has 0 bridgehead atoms. The summed E-state index contributed by atoms with van der Waals surface area (Å²) < 4.78 is 16.2. The van der Waals surface area contributed by atoms with Crippen LogP contribution in [0.2, 0.25) is 0 Å². The van der Waals surface area contributed by atoms with E-state index >= 15 is 0 Å². The van der Waals surface area contributed by atoms with Crippen molar-refractivity contribution in [3.8, 4) is 11.5 Å². The lowest BCUT2D eigenvalue weighted by Crippen LogP contribution is -2.09. The van der Waals surface area contributed by atoms with Crippen LogP contribution in [0, 0.1) is 5.41 Å². The Morgan fingerprint density at radius 2 is 1.72 bits per heavy atom. The molecule has 0 amide bonds. The van der Waals surface area contributed by atoms with Crippen LogP contribution in [0.25, 0.3) is 11.1 Å². The van der Waals surface area contributed by atoms with E-state index in [-0.39, 0.29) is 5.41 Å². The van der Waals surface area contributed by atoms with E-state index in [0.29, 0.717) is 11.5 Å². The summed E-state index contributed by atoms with van der Waals surface area (Å²) in [6.07, 6.45) is 0.798. The second-order valence-corrected chi connectivity index (χ2v) is 5.52. The number of oxazole rings is 1. The molecule has 4 heteroatoms. The summed E-state index contributed by atoms with van der Waals surface area (Å²) in [4.78, 5) is 4.48. The van der Waals surface area contributed by atoms with Gasteiger partial charge in [0, 0.05) is 18.6 Å². The Hall–Kier alpha value is -1.71. The van der Waals surface area contributed by atoms with Gasteiger partial charge in [0.05, 0.1) is 14.2 Å². The van der Waals surface area contributed by atoms with Crippen molar-refractivity contribution in [3.63, 3.8) is 0 Å². The molecular weight excluding hydrogens is 230 g/mol. The summed E-state index contributed by atoms with van der Waals surface area (Å²) in [5.74, 6) is 2.07. The maximum atomic E-state index is 5.74. The molecule has 0 radical (unpaired) electrons. The fourth-order valence-electron chi connectivity index (χ4n) is 1.83. The minimum Gasteiger partial charge on any atom is -0.493 e. The molecule has 0 saturated carbocycles. The normalized spacial score (nSPS) is 11.8. The van der Waals surface area contributed by atoms with Gasteiger partial charge in [-0.3, -0.25) is 0 Å². The number of fused-ring (bicyclic) bond motifs is 1. The zero-order chi connectivity index (χ0) is 13.3. The van der Waals surface area contributed by atoms with Crippen LogP contribution in [0.5, 0.6) is 11.5 Å². The summed E-state index contributed by atoms with van der Waals surface area (Å²) in [5.41, 5.74) is 1.67. The molecule has 0 saturated heterocycles. The van der Waals surface area contributed by atoms with Crippen LogP contribution in [0.1, 0.15) is 26.7 Å². The average molecular weight is 249 g/mol. The number of hydrogen-bond donors (Lipinski definition) is 0. The predicted octanol–water partition coefficient (Wildman–Crippen LogP) is 3.43. The Bertz CT molecular complexity index is 511. The number of methoxy groups -OCH3 is 2. The van der Waals surface area contributed by atoms with E-state index in [1.54, 1.807) is 14.2 Å². The summed E-state index contributed by atoms with van der Waals surface area (Å²) >= 11 is 0. The molecule has 18 heavy (non-hydrogen) atoms. The highest BCUT2D eigenvalue weighted by Crippen LogP contribution is 2.33. The largest absolute Gasteiger partial charge is 0.493 e. The SMILES string of the molecule is COc1cc2nc(CC(C)(C)C)oc2cc1OC. The third-order valence-corrected chi connectivity index (χ3v) is 2.62. The number of aromatic nitrogens is 1. The van der Waals surface area contributed by atoms with Gasteiger partial charge in [0.15, 0.2) is 23.0 Å². The number of nitrogens with zero attached hydrogens (tertiary/aromatic N) is 1. The Kier molecular flexibility index (Phi) is 3.20. The molecule has 2 rings (SSSR count). The summed E-state index contributed by atoms with van der Waals surface area (Å²) in [7, 11) is 3.22. The topological polar surface area (TPSA) is 44.5 Å². The number of hydrogen-bond acceptors (Lipinski definition) is 4. The Morgan fingerprint density at radius 3 is 2.28 bits per heavy atom. The van der Waals surface area contributed by atoms with E-state index in [4.69, 9.17) is 13.9 Å². The molecule has 4 nitrogen and oxygen atoms in total. The van der Waals surface area contributed by atoms with Crippen LogP contribution in [-0.4, -0.2) is 19.2 Å². The highest BCUT2D eigenvalue weighted by Gasteiger charge is 2.17. The van der Waals surface area contributed by atoms with Crippen molar-refractivity contribution in [2.75, 3.05) is 14.2 Å². The predicted molar refractivity (Wildman–Crippen MR) is 70.3 cm³/mol. The fraction of sp³-hybridized carbons (Fsp3) is 0.500. The van der Waals surface area contributed by atoms with Crippen LogP contribution in [0.3, 0.4) is 0 Å². The highest BCUT2D eigenvalue weighted by atomic mass is 16.5. The molecule has 1 aromatic carbocycles. The van der Waals surface area contributed by atoms with E-state index < -0.39 is 0 Å². The average Bonchev–Trinajstić information content (AvgIpc) is 2.65. The maximum Gasteiger partial charge on any atom is 0.196 e. The highest BCUT2D eigenvalue weighted by molar-refractivity contribution is 5.77. The van der Waals surface area contributed by atoms with Gasteiger partial charge in [-0.2, -0.15) is 0 Å². The van der Waals surface area contributed by atoms with Gasteiger partial charge in [-0.15, -0.1) is 0 Å². The van der Waals surface area contributed by atoms with Crippen molar-refractivity contribution < 1.29 is 13.9 Å². The fourth-order valence-corrected chi connectivity index (χ4v) is 1.83. The van der Waals surface area contributed by atoms with Gasteiger partial charge in [0.1, 0.15) is 5.52 Å². The summed E-state index contributed by atoms with van der Waals surface area (Å²) in [6.45, 7) is 6.47. The monoisotopic (exact) mass is 249 g/mol. The van der Waals surface area contributed by atoms with Crippen molar-refractivity contribution >= 4 is 11.1 Å².